The van der Waals surface area contributed by atoms with Crippen molar-refractivity contribution in [3.05, 3.63) is 12.2 Å². The van der Waals surface area contributed by atoms with Gasteiger partial charge in [0.15, 0.2) is 0 Å². The molecule has 0 aliphatic rings. The van der Waals surface area contributed by atoms with Crippen molar-refractivity contribution in [2.75, 3.05) is 0 Å². The summed E-state index contributed by atoms with van der Waals surface area (Å²) in [5.41, 5.74) is 0. The van der Waals surface area contributed by atoms with Crippen LogP contribution in [0.5, 0.6) is 0 Å². The van der Waals surface area contributed by atoms with Crippen LogP contribution < -0.4 is 0 Å². The lowest BCUT2D eigenvalue weighted by Crippen LogP contribution is -2.09. The molecule has 0 heterocycles. The van der Waals surface area contributed by atoms with Crippen LogP contribution in [0.2, 0.25) is 0 Å². The molecule has 0 saturated heterocycles. The van der Waals surface area contributed by atoms with Crippen molar-refractivity contribution in [1.82, 2.24) is 0 Å². The Morgan fingerprint density at radius 2 is 1.27 bits per heavy atom. The lowest BCUT2D eigenvalue weighted by atomic mass is 9.91. The highest BCUT2D eigenvalue weighted by Gasteiger charge is 2.11. The summed E-state index contributed by atoms with van der Waals surface area (Å²) in [6.45, 7) is 6.50. The van der Waals surface area contributed by atoms with Gasteiger partial charge in [0.1, 0.15) is 0 Å². The van der Waals surface area contributed by atoms with E-state index in [1.54, 1.807) is 0 Å². The average molecular weight is 308 g/mol. The van der Waals surface area contributed by atoms with E-state index in [0.29, 0.717) is 5.92 Å². The van der Waals surface area contributed by atoms with Gasteiger partial charge in [-0.25, -0.2) is 0 Å². The number of unbranched alkanes of at least 4 members (excludes halogenated alkanes) is 10. The Kier molecular flexibility index (Phi) is 16.3. The summed E-state index contributed by atoms with van der Waals surface area (Å²) in [5, 5.41) is 0. The summed E-state index contributed by atoms with van der Waals surface area (Å²) in [7, 11) is 0. The molecule has 1 unspecified atom stereocenters. The Labute approximate surface area is 140 Å². The van der Waals surface area contributed by atoms with Crippen LogP contribution in [0.25, 0.3) is 0 Å². The van der Waals surface area contributed by atoms with Crippen LogP contribution in [0.15, 0.2) is 12.2 Å². The predicted molar refractivity (Wildman–Crippen MR) is 98.9 cm³/mol. The monoisotopic (exact) mass is 307 g/mol. The normalized spacial score (nSPS) is 13.1. The van der Waals surface area contributed by atoms with Crippen molar-refractivity contribution in [3.8, 4) is 0 Å². The quantitative estimate of drug-likeness (QED) is 0.221. The lowest BCUT2D eigenvalue weighted by Gasteiger charge is -2.12. The van der Waals surface area contributed by atoms with E-state index in [2.05, 4.69) is 39.2 Å². The maximum absolute atomic E-state index is 10.8. The minimum absolute atomic E-state index is 0.150. The first-order valence-electron chi connectivity index (χ1n) is 9.75. The van der Waals surface area contributed by atoms with Gasteiger partial charge in [0.25, 0.3) is 0 Å². The van der Waals surface area contributed by atoms with Crippen molar-refractivity contribution in [1.29, 1.82) is 0 Å². The van der Waals surface area contributed by atoms with Gasteiger partial charge in [-0.3, -0.25) is 4.79 Å². The zero-order valence-corrected chi connectivity index (χ0v) is 15.4. The first-order chi connectivity index (χ1) is 10.7. The standard InChI is InChI=1S/C21H39O/c1-4-5-6-7-8-9-10-11-12-13-14-15-16-17-18-21(19-22)20(2)3/h11-12,20-21H,4-10,13-18H2,1-3H3/b12-11-. The molecule has 0 aromatic heterocycles. The van der Waals surface area contributed by atoms with Crippen molar-refractivity contribution in [3.63, 3.8) is 0 Å². The number of allylic oxidation sites excluding steroid dienone is 2. The van der Waals surface area contributed by atoms with E-state index in [9.17, 15) is 4.79 Å². The second-order valence-electron chi connectivity index (χ2n) is 6.99. The zero-order valence-electron chi connectivity index (χ0n) is 15.4. The van der Waals surface area contributed by atoms with Crippen LogP contribution >= 0.6 is 0 Å². The molecular weight excluding hydrogens is 268 g/mol. The maximum atomic E-state index is 10.8. The third kappa shape index (κ3) is 14.4. The SMILES string of the molecule is CCCCCCCC/C=C\CCCCCCC([C]=O)C(C)C. The average Bonchev–Trinajstić information content (AvgIpc) is 2.51. The van der Waals surface area contributed by atoms with E-state index >= 15 is 0 Å². The molecule has 0 bridgehead atoms. The molecule has 1 atom stereocenters. The second kappa shape index (κ2) is 16.8. The lowest BCUT2D eigenvalue weighted by molar-refractivity contribution is 0.410. The summed E-state index contributed by atoms with van der Waals surface area (Å²) in [6.07, 6.45) is 23.8. The number of hydrogen-bond acceptors (Lipinski definition) is 1. The molecule has 1 nitrogen and oxygen atoms in total. The molecule has 129 valence electrons. The van der Waals surface area contributed by atoms with Crippen LogP contribution in [0.4, 0.5) is 0 Å². The molecule has 0 aromatic rings. The number of hydrogen-bond donors (Lipinski definition) is 0. The Morgan fingerprint density at radius 3 is 1.77 bits per heavy atom. The fourth-order valence-electron chi connectivity index (χ4n) is 2.79. The van der Waals surface area contributed by atoms with E-state index in [0.717, 1.165) is 6.42 Å². The van der Waals surface area contributed by atoms with Crippen LogP contribution in [0.3, 0.4) is 0 Å². The summed E-state index contributed by atoms with van der Waals surface area (Å²) in [5.74, 6) is 0.597. The topological polar surface area (TPSA) is 17.1 Å². The fourth-order valence-corrected chi connectivity index (χ4v) is 2.79. The molecule has 0 aliphatic heterocycles. The highest BCUT2D eigenvalue weighted by molar-refractivity contribution is 5.54. The van der Waals surface area contributed by atoms with Gasteiger partial charge in [0.05, 0.1) is 0 Å². The molecular formula is C21H39O. The molecule has 22 heavy (non-hydrogen) atoms. The van der Waals surface area contributed by atoms with Crippen LogP contribution in [-0.4, -0.2) is 6.29 Å². The van der Waals surface area contributed by atoms with Crippen molar-refractivity contribution in [2.45, 2.75) is 104 Å². The predicted octanol–water partition coefficient (Wildman–Crippen LogP) is 7.02. The Bertz CT molecular complexity index is 255. The fraction of sp³-hybridized carbons (Fsp3) is 0.857. The molecule has 0 fully saturated rings. The molecule has 0 N–H and O–H groups in total. The third-order valence-corrected chi connectivity index (χ3v) is 4.48. The van der Waals surface area contributed by atoms with E-state index in [1.165, 1.54) is 77.0 Å². The van der Waals surface area contributed by atoms with Crippen molar-refractivity contribution >= 4 is 6.29 Å². The van der Waals surface area contributed by atoms with Gasteiger partial charge in [-0.15, -0.1) is 0 Å². The summed E-state index contributed by atoms with van der Waals surface area (Å²) in [6, 6.07) is 0. The number of rotatable bonds is 16. The minimum Gasteiger partial charge on any atom is -0.291 e. The van der Waals surface area contributed by atoms with Crippen LogP contribution in [-0.2, 0) is 4.79 Å². The maximum Gasteiger partial charge on any atom is 0.202 e. The van der Waals surface area contributed by atoms with E-state index in [4.69, 9.17) is 0 Å². The summed E-state index contributed by atoms with van der Waals surface area (Å²) in [4.78, 5) is 10.8. The molecule has 1 heteroatoms. The number of carbonyl (C=O) groups excluding carboxylic acids is 1. The molecule has 0 spiro atoms. The first kappa shape index (κ1) is 21.4. The van der Waals surface area contributed by atoms with Gasteiger partial charge < -0.3 is 0 Å². The first-order valence-corrected chi connectivity index (χ1v) is 9.75. The molecule has 1 radical (unpaired) electrons. The summed E-state index contributed by atoms with van der Waals surface area (Å²) >= 11 is 0. The van der Waals surface area contributed by atoms with Gasteiger partial charge in [0, 0.05) is 5.92 Å². The highest BCUT2D eigenvalue weighted by Crippen LogP contribution is 2.17. The van der Waals surface area contributed by atoms with Gasteiger partial charge in [-0.1, -0.05) is 84.3 Å². The van der Waals surface area contributed by atoms with Crippen LogP contribution in [0.1, 0.15) is 104 Å². The molecule has 0 rings (SSSR count). The third-order valence-electron chi connectivity index (χ3n) is 4.48. The minimum atomic E-state index is 0.150. The van der Waals surface area contributed by atoms with E-state index < -0.39 is 0 Å². The molecule has 0 aromatic carbocycles. The molecule has 0 amide bonds. The van der Waals surface area contributed by atoms with E-state index in [-0.39, 0.29) is 5.92 Å². The van der Waals surface area contributed by atoms with Crippen molar-refractivity contribution < 1.29 is 4.79 Å². The molecule has 0 aliphatic carbocycles. The largest absolute Gasteiger partial charge is 0.291 e. The summed E-state index contributed by atoms with van der Waals surface area (Å²) < 4.78 is 0. The van der Waals surface area contributed by atoms with Gasteiger partial charge in [-0.05, 0) is 38.0 Å². The second-order valence-corrected chi connectivity index (χ2v) is 6.99. The van der Waals surface area contributed by atoms with Gasteiger partial charge >= 0.3 is 0 Å². The van der Waals surface area contributed by atoms with Gasteiger partial charge in [0.2, 0.25) is 6.29 Å². The zero-order chi connectivity index (χ0) is 16.5. The Balaban J connectivity index is 3.25. The smallest absolute Gasteiger partial charge is 0.202 e. The molecule has 0 saturated carbocycles. The van der Waals surface area contributed by atoms with Crippen molar-refractivity contribution in [2.24, 2.45) is 11.8 Å². The van der Waals surface area contributed by atoms with E-state index in [1.807, 2.05) is 0 Å². The Morgan fingerprint density at radius 1 is 0.773 bits per heavy atom. The van der Waals surface area contributed by atoms with Crippen LogP contribution in [0, 0.1) is 11.8 Å². The van der Waals surface area contributed by atoms with Gasteiger partial charge in [-0.2, -0.15) is 0 Å². The Hall–Kier alpha value is -0.590. The highest BCUT2D eigenvalue weighted by atomic mass is 16.1.